The molecule has 0 spiro atoms. The molecule has 2 saturated carbocycles. The highest BCUT2D eigenvalue weighted by molar-refractivity contribution is 7.99. The maximum atomic E-state index is 11.6. The standard InChI is InChI=1S/C23H32O2S/c1-21(2)8-6-9-23(4)19(21)7-10-22(3)16-11-15(13-24)17(25-5)12-18(16)26-14-20(22)23/h11-13,19-20H,6-10,14H2,1-5H3/t19-,20-,22-,23-/m0/s1. The number of benzene rings is 1. The molecular weight excluding hydrogens is 340 g/mol. The quantitative estimate of drug-likeness (QED) is 0.586. The number of carbonyl (C=O) groups is 1. The Morgan fingerprint density at radius 2 is 1.88 bits per heavy atom. The zero-order valence-corrected chi connectivity index (χ0v) is 17.7. The molecule has 1 heterocycles. The summed E-state index contributed by atoms with van der Waals surface area (Å²) in [6.07, 6.45) is 7.57. The number of rotatable bonds is 2. The average molecular weight is 373 g/mol. The van der Waals surface area contributed by atoms with Crippen molar-refractivity contribution in [1.29, 1.82) is 0 Å². The van der Waals surface area contributed by atoms with Crippen LogP contribution in [-0.4, -0.2) is 19.1 Å². The summed E-state index contributed by atoms with van der Waals surface area (Å²) in [7, 11) is 1.66. The number of carbonyl (C=O) groups excluding carboxylic acids is 1. The van der Waals surface area contributed by atoms with Crippen LogP contribution in [0.2, 0.25) is 0 Å². The second-order valence-corrected chi connectivity index (χ2v) is 11.0. The second-order valence-electron chi connectivity index (χ2n) is 9.93. The average Bonchev–Trinajstić information content (AvgIpc) is 2.59. The third-order valence-corrected chi connectivity index (χ3v) is 9.42. The highest BCUT2D eigenvalue weighted by Gasteiger charge is 2.59. The molecule has 4 rings (SSSR count). The van der Waals surface area contributed by atoms with Crippen LogP contribution in [0.5, 0.6) is 5.75 Å². The van der Waals surface area contributed by atoms with Crippen LogP contribution >= 0.6 is 11.8 Å². The molecule has 1 aliphatic heterocycles. The first-order chi connectivity index (χ1) is 12.3. The van der Waals surface area contributed by atoms with Gasteiger partial charge in [0.1, 0.15) is 5.75 Å². The Kier molecular flexibility index (Phi) is 4.26. The van der Waals surface area contributed by atoms with E-state index in [2.05, 4.69) is 39.8 Å². The van der Waals surface area contributed by atoms with Gasteiger partial charge in [-0.3, -0.25) is 4.79 Å². The van der Waals surface area contributed by atoms with Crippen LogP contribution in [0.4, 0.5) is 0 Å². The monoisotopic (exact) mass is 372 g/mol. The Hall–Kier alpha value is -0.960. The first-order valence-electron chi connectivity index (χ1n) is 10.1. The largest absolute Gasteiger partial charge is 0.496 e. The van der Waals surface area contributed by atoms with Crippen molar-refractivity contribution in [2.75, 3.05) is 12.9 Å². The van der Waals surface area contributed by atoms with Crippen LogP contribution in [0.3, 0.4) is 0 Å². The van der Waals surface area contributed by atoms with E-state index in [9.17, 15) is 4.79 Å². The van der Waals surface area contributed by atoms with E-state index in [1.165, 1.54) is 48.3 Å². The number of thioether (sulfide) groups is 1. The summed E-state index contributed by atoms with van der Waals surface area (Å²) in [5.41, 5.74) is 3.12. The fourth-order valence-corrected chi connectivity index (χ4v) is 8.66. The number of hydrogen-bond donors (Lipinski definition) is 0. The Labute approximate surface area is 162 Å². The molecule has 3 heteroatoms. The first-order valence-corrected chi connectivity index (χ1v) is 11.1. The molecule has 0 amide bonds. The van der Waals surface area contributed by atoms with E-state index < -0.39 is 0 Å². The lowest BCUT2D eigenvalue weighted by atomic mass is 9.43. The minimum atomic E-state index is 0.170. The minimum absolute atomic E-state index is 0.170. The summed E-state index contributed by atoms with van der Waals surface area (Å²) in [5.74, 6) is 3.40. The Balaban J connectivity index is 1.82. The van der Waals surface area contributed by atoms with Crippen LogP contribution in [0.25, 0.3) is 0 Å². The third-order valence-electron chi connectivity index (χ3n) is 8.27. The number of methoxy groups -OCH3 is 1. The van der Waals surface area contributed by atoms with Crippen molar-refractivity contribution >= 4 is 18.0 Å². The van der Waals surface area contributed by atoms with Crippen molar-refractivity contribution in [3.05, 3.63) is 23.3 Å². The maximum absolute atomic E-state index is 11.6. The molecule has 3 aliphatic rings. The van der Waals surface area contributed by atoms with Crippen molar-refractivity contribution < 1.29 is 9.53 Å². The van der Waals surface area contributed by atoms with E-state index >= 15 is 0 Å². The predicted molar refractivity (Wildman–Crippen MR) is 108 cm³/mol. The van der Waals surface area contributed by atoms with Crippen molar-refractivity contribution in [2.24, 2.45) is 22.7 Å². The van der Waals surface area contributed by atoms with Gasteiger partial charge in [-0.25, -0.2) is 0 Å². The maximum Gasteiger partial charge on any atom is 0.153 e. The molecule has 142 valence electrons. The number of aldehydes is 1. The minimum Gasteiger partial charge on any atom is -0.496 e. The van der Waals surface area contributed by atoms with Gasteiger partial charge in [0.2, 0.25) is 0 Å². The molecule has 0 aromatic heterocycles. The SMILES string of the molecule is COc1cc2c(cc1C=O)[C@]1(C)CC[C@H]3C(C)(C)CCC[C@]3(C)[C@H]1CS2. The van der Waals surface area contributed by atoms with Gasteiger partial charge in [-0.05, 0) is 71.5 Å². The molecule has 1 aromatic carbocycles. The highest BCUT2D eigenvalue weighted by atomic mass is 32.2. The Morgan fingerprint density at radius 3 is 2.58 bits per heavy atom. The van der Waals surface area contributed by atoms with Crippen LogP contribution in [0, 0.1) is 22.7 Å². The molecule has 1 aromatic rings. The molecule has 4 atom stereocenters. The van der Waals surface area contributed by atoms with Crippen molar-refractivity contribution in [1.82, 2.24) is 0 Å². The second kappa shape index (κ2) is 6.02. The van der Waals surface area contributed by atoms with Crippen LogP contribution in [0.15, 0.2) is 17.0 Å². The topological polar surface area (TPSA) is 26.3 Å². The van der Waals surface area contributed by atoms with Gasteiger partial charge in [0.15, 0.2) is 6.29 Å². The van der Waals surface area contributed by atoms with E-state index in [1.54, 1.807) is 7.11 Å². The fourth-order valence-electron chi connectivity index (χ4n) is 6.93. The van der Waals surface area contributed by atoms with Gasteiger partial charge in [0.05, 0.1) is 12.7 Å². The van der Waals surface area contributed by atoms with Gasteiger partial charge < -0.3 is 4.74 Å². The molecular formula is C23H32O2S. The van der Waals surface area contributed by atoms with E-state index in [1.807, 2.05) is 11.8 Å². The van der Waals surface area contributed by atoms with Gasteiger partial charge >= 0.3 is 0 Å². The number of ether oxygens (including phenoxy) is 1. The van der Waals surface area contributed by atoms with Gasteiger partial charge in [-0.15, -0.1) is 11.8 Å². The van der Waals surface area contributed by atoms with Gasteiger partial charge in [-0.2, -0.15) is 0 Å². The lowest BCUT2D eigenvalue weighted by Crippen LogP contribution is -2.58. The molecule has 0 unspecified atom stereocenters. The van der Waals surface area contributed by atoms with Crippen molar-refractivity contribution in [3.63, 3.8) is 0 Å². The lowest BCUT2D eigenvalue weighted by Gasteiger charge is -2.64. The zero-order chi connectivity index (χ0) is 18.7. The summed E-state index contributed by atoms with van der Waals surface area (Å²) < 4.78 is 5.46. The normalized spacial score (nSPS) is 37.9. The molecule has 26 heavy (non-hydrogen) atoms. The van der Waals surface area contributed by atoms with Crippen molar-refractivity contribution in [3.8, 4) is 5.75 Å². The summed E-state index contributed by atoms with van der Waals surface area (Å²) in [5, 5.41) is 0. The molecule has 0 N–H and O–H groups in total. The van der Waals surface area contributed by atoms with E-state index in [0.717, 1.165) is 12.2 Å². The molecule has 2 fully saturated rings. The van der Waals surface area contributed by atoms with Crippen LogP contribution < -0.4 is 4.74 Å². The van der Waals surface area contributed by atoms with E-state index in [4.69, 9.17) is 4.74 Å². The smallest absolute Gasteiger partial charge is 0.153 e. The molecule has 0 saturated heterocycles. The summed E-state index contributed by atoms with van der Waals surface area (Å²) in [4.78, 5) is 12.9. The van der Waals surface area contributed by atoms with E-state index in [-0.39, 0.29) is 5.41 Å². The Bertz CT molecular complexity index is 740. The first kappa shape index (κ1) is 18.4. The predicted octanol–water partition coefficient (Wildman–Crippen LogP) is 6.11. The fraction of sp³-hybridized carbons (Fsp3) is 0.696. The molecule has 2 aliphatic carbocycles. The Morgan fingerprint density at radius 1 is 1.12 bits per heavy atom. The lowest BCUT2D eigenvalue weighted by molar-refractivity contribution is -0.0973. The van der Waals surface area contributed by atoms with Gasteiger partial charge in [-0.1, -0.05) is 34.1 Å². The van der Waals surface area contributed by atoms with Crippen LogP contribution in [0.1, 0.15) is 75.7 Å². The summed E-state index contributed by atoms with van der Waals surface area (Å²) in [6.45, 7) is 10.0. The number of fused-ring (bicyclic) bond motifs is 5. The summed E-state index contributed by atoms with van der Waals surface area (Å²) >= 11 is 1.98. The van der Waals surface area contributed by atoms with E-state index in [0.29, 0.717) is 28.1 Å². The van der Waals surface area contributed by atoms with Gasteiger partial charge in [0, 0.05) is 10.6 Å². The molecule has 0 radical (unpaired) electrons. The highest BCUT2D eigenvalue weighted by Crippen LogP contribution is 2.67. The van der Waals surface area contributed by atoms with Gasteiger partial charge in [0.25, 0.3) is 0 Å². The number of hydrogen-bond acceptors (Lipinski definition) is 3. The summed E-state index contributed by atoms with van der Waals surface area (Å²) in [6, 6.07) is 4.24. The molecule has 2 nitrogen and oxygen atoms in total. The zero-order valence-electron chi connectivity index (χ0n) is 16.9. The van der Waals surface area contributed by atoms with Crippen LogP contribution in [-0.2, 0) is 5.41 Å². The molecule has 0 bridgehead atoms. The van der Waals surface area contributed by atoms with Crippen molar-refractivity contribution in [2.45, 2.75) is 70.1 Å². The third kappa shape index (κ3) is 2.42.